The van der Waals surface area contributed by atoms with Gasteiger partial charge in [0.15, 0.2) is 0 Å². The second-order valence-electron chi connectivity index (χ2n) is 3.94. The molecule has 2 heteroatoms. The topological polar surface area (TPSA) is 12.5 Å². The Morgan fingerprint density at radius 1 is 0.812 bits per heavy atom. The molecule has 1 saturated heterocycles. The van der Waals surface area contributed by atoms with Gasteiger partial charge >= 0.3 is 0 Å². The Morgan fingerprint density at radius 2 is 1.31 bits per heavy atom. The first-order valence-electron chi connectivity index (χ1n) is 7.28. The average molecular weight is 229 g/mol. The van der Waals surface area contributed by atoms with Crippen molar-refractivity contribution in [2.24, 2.45) is 0 Å². The molecule has 0 atom stereocenters. The maximum atomic E-state index is 5.35. The van der Waals surface area contributed by atoms with E-state index in [9.17, 15) is 0 Å². The second kappa shape index (κ2) is 11.4. The molecule has 0 amide bonds. The van der Waals surface area contributed by atoms with Crippen molar-refractivity contribution in [1.29, 1.82) is 0 Å². The molecule has 0 spiro atoms. The molecule has 0 radical (unpaired) electrons. The fourth-order valence-electron chi connectivity index (χ4n) is 2.39. The van der Waals surface area contributed by atoms with Crippen molar-refractivity contribution >= 4 is 0 Å². The monoisotopic (exact) mass is 229 g/mol. The highest BCUT2D eigenvalue weighted by atomic mass is 16.5. The van der Waals surface area contributed by atoms with Gasteiger partial charge in [-0.05, 0) is 12.8 Å². The van der Waals surface area contributed by atoms with E-state index in [-0.39, 0.29) is 0 Å². The largest absolute Gasteiger partial charge is 0.379 e. The third-order valence-electron chi connectivity index (χ3n) is 3.14. The lowest BCUT2D eigenvalue weighted by atomic mass is 9.94. The van der Waals surface area contributed by atoms with E-state index in [2.05, 4.69) is 4.90 Å². The Bertz CT molecular complexity index is 111. The van der Waals surface area contributed by atoms with Crippen molar-refractivity contribution in [3.05, 3.63) is 0 Å². The minimum absolute atomic E-state index is 0.891. The van der Waals surface area contributed by atoms with Gasteiger partial charge in [0, 0.05) is 19.1 Å². The van der Waals surface area contributed by atoms with Crippen LogP contribution in [0.3, 0.4) is 0 Å². The molecule has 0 aromatic carbocycles. The molecule has 98 valence electrons. The number of nitrogens with zero attached hydrogens (tertiary/aromatic N) is 1. The van der Waals surface area contributed by atoms with Crippen molar-refractivity contribution in [2.75, 3.05) is 26.3 Å². The van der Waals surface area contributed by atoms with Gasteiger partial charge in [-0.25, -0.2) is 0 Å². The summed E-state index contributed by atoms with van der Waals surface area (Å²) in [5.74, 6) is 0. The molecule has 1 saturated carbocycles. The fourth-order valence-corrected chi connectivity index (χ4v) is 2.39. The van der Waals surface area contributed by atoms with Crippen molar-refractivity contribution in [1.82, 2.24) is 4.90 Å². The summed E-state index contributed by atoms with van der Waals surface area (Å²) in [4.78, 5) is 2.63. The Balaban J connectivity index is 0.000000509. The Kier molecular flexibility index (Phi) is 11.3. The van der Waals surface area contributed by atoms with E-state index in [1.54, 1.807) is 0 Å². The standard InChI is InChI=1S/C10H19NO.2C2H6/c1-2-4-10(5-3-1)11-6-8-12-9-7-11;2*1-2/h10H,1-9H2;2*1-2H3. The van der Waals surface area contributed by atoms with E-state index in [1.807, 2.05) is 27.7 Å². The van der Waals surface area contributed by atoms with Gasteiger partial charge in [-0.15, -0.1) is 0 Å². The minimum atomic E-state index is 0.891. The van der Waals surface area contributed by atoms with Gasteiger partial charge in [0.05, 0.1) is 13.2 Å². The summed E-state index contributed by atoms with van der Waals surface area (Å²) in [6.07, 6.45) is 7.21. The molecule has 0 N–H and O–H groups in total. The van der Waals surface area contributed by atoms with E-state index < -0.39 is 0 Å². The van der Waals surface area contributed by atoms with Crippen LogP contribution in [0.15, 0.2) is 0 Å². The van der Waals surface area contributed by atoms with Crippen LogP contribution in [0.1, 0.15) is 59.8 Å². The van der Waals surface area contributed by atoms with Crippen LogP contribution in [0.4, 0.5) is 0 Å². The highest BCUT2D eigenvalue weighted by molar-refractivity contribution is 4.76. The van der Waals surface area contributed by atoms with Crippen LogP contribution < -0.4 is 0 Å². The first-order valence-corrected chi connectivity index (χ1v) is 7.28. The van der Waals surface area contributed by atoms with Crippen LogP contribution >= 0.6 is 0 Å². The van der Waals surface area contributed by atoms with Crippen molar-refractivity contribution in [2.45, 2.75) is 65.8 Å². The Hall–Kier alpha value is -0.0800. The van der Waals surface area contributed by atoms with Crippen LogP contribution in [-0.2, 0) is 4.74 Å². The van der Waals surface area contributed by atoms with Crippen LogP contribution in [0.5, 0.6) is 0 Å². The van der Waals surface area contributed by atoms with Crippen molar-refractivity contribution in [3.63, 3.8) is 0 Å². The van der Waals surface area contributed by atoms with E-state index in [0.29, 0.717) is 0 Å². The summed E-state index contributed by atoms with van der Waals surface area (Å²) in [5, 5.41) is 0. The smallest absolute Gasteiger partial charge is 0.0594 e. The minimum Gasteiger partial charge on any atom is -0.379 e. The predicted molar refractivity (Wildman–Crippen MR) is 72.0 cm³/mol. The highest BCUT2D eigenvalue weighted by Gasteiger charge is 2.22. The molecule has 1 heterocycles. The van der Waals surface area contributed by atoms with Gasteiger partial charge < -0.3 is 4.74 Å². The molecule has 1 aliphatic heterocycles. The third-order valence-corrected chi connectivity index (χ3v) is 3.14. The molecular formula is C14H31NO. The molecule has 2 aliphatic rings. The van der Waals surface area contributed by atoms with Gasteiger partial charge in [-0.1, -0.05) is 47.0 Å². The Labute approximate surface area is 102 Å². The third kappa shape index (κ3) is 5.86. The quantitative estimate of drug-likeness (QED) is 0.680. The zero-order valence-corrected chi connectivity index (χ0v) is 11.8. The summed E-state index contributed by atoms with van der Waals surface area (Å²) in [7, 11) is 0. The molecule has 0 aromatic rings. The predicted octanol–water partition coefficient (Wildman–Crippen LogP) is 3.70. The molecule has 1 aliphatic carbocycles. The first-order chi connectivity index (χ1) is 7.97. The van der Waals surface area contributed by atoms with Crippen molar-refractivity contribution in [3.8, 4) is 0 Å². The molecule has 0 unspecified atom stereocenters. The molecular weight excluding hydrogens is 198 g/mol. The normalized spacial score (nSPS) is 22.5. The van der Waals surface area contributed by atoms with Crippen LogP contribution in [0.2, 0.25) is 0 Å². The van der Waals surface area contributed by atoms with Gasteiger partial charge in [-0.2, -0.15) is 0 Å². The fraction of sp³-hybridized carbons (Fsp3) is 1.00. The summed E-state index contributed by atoms with van der Waals surface area (Å²) in [5.41, 5.74) is 0. The number of hydrogen-bond donors (Lipinski definition) is 0. The zero-order chi connectivity index (χ0) is 12.2. The maximum Gasteiger partial charge on any atom is 0.0594 e. The summed E-state index contributed by atoms with van der Waals surface area (Å²) >= 11 is 0. The Morgan fingerprint density at radius 3 is 1.81 bits per heavy atom. The summed E-state index contributed by atoms with van der Waals surface area (Å²) < 4.78 is 5.35. The summed E-state index contributed by atoms with van der Waals surface area (Å²) in [6, 6.07) is 0.891. The number of morpholine rings is 1. The SMILES string of the molecule is C1CCC(N2CCOCC2)CC1.CC.CC. The lowest BCUT2D eigenvalue weighted by molar-refractivity contribution is 0.00858. The maximum absolute atomic E-state index is 5.35. The van der Waals surface area contributed by atoms with Crippen LogP contribution in [0, 0.1) is 0 Å². The zero-order valence-electron chi connectivity index (χ0n) is 11.8. The van der Waals surface area contributed by atoms with Gasteiger partial charge in [0.2, 0.25) is 0 Å². The number of hydrogen-bond acceptors (Lipinski definition) is 2. The second-order valence-corrected chi connectivity index (χ2v) is 3.94. The van der Waals surface area contributed by atoms with E-state index >= 15 is 0 Å². The van der Waals surface area contributed by atoms with E-state index in [1.165, 1.54) is 45.2 Å². The summed E-state index contributed by atoms with van der Waals surface area (Å²) in [6.45, 7) is 12.3. The lowest BCUT2D eigenvalue weighted by Crippen LogP contribution is -2.44. The molecule has 2 fully saturated rings. The molecule has 16 heavy (non-hydrogen) atoms. The van der Waals surface area contributed by atoms with Gasteiger partial charge in [0.1, 0.15) is 0 Å². The first kappa shape index (κ1) is 15.9. The average Bonchev–Trinajstić information content (AvgIpc) is 2.45. The number of rotatable bonds is 1. The van der Waals surface area contributed by atoms with Crippen LogP contribution in [0.25, 0.3) is 0 Å². The number of ether oxygens (including phenoxy) is 1. The molecule has 0 aromatic heterocycles. The van der Waals surface area contributed by atoms with E-state index in [0.717, 1.165) is 19.3 Å². The molecule has 2 rings (SSSR count). The van der Waals surface area contributed by atoms with Crippen molar-refractivity contribution < 1.29 is 4.74 Å². The van der Waals surface area contributed by atoms with Gasteiger partial charge in [-0.3, -0.25) is 4.90 Å². The van der Waals surface area contributed by atoms with Gasteiger partial charge in [0.25, 0.3) is 0 Å². The lowest BCUT2D eigenvalue weighted by Gasteiger charge is -2.36. The molecule has 2 nitrogen and oxygen atoms in total. The van der Waals surface area contributed by atoms with Crippen LogP contribution in [-0.4, -0.2) is 37.2 Å². The van der Waals surface area contributed by atoms with E-state index in [4.69, 9.17) is 4.74 Å². The highest BCUT2D eigenvalue weighted by Crippen LogP contribution is 2.22. The molecule has 0 bridgehead atoms.